The first-order valence-electron chi connectivity index (χ1n) is 6.94. The van der Waals surface area contributed by atoms with Gasteiger partial charge in [0.25, 0.3) is 0 Å². The summed E-state index contributed by atoms with van der Waals surface area (Å²) >= 11 is 0. The van der Waals surface area contributed by atoms with Gasteiger partial charge in [-0.3, -0.25) is 4.79 Å². The van der Waals surface area contributed by atoms with Crippen LogP contribution in [0.25, 0.3) is 0 Å². The van der Waals surface area contributed by atoms with Crippen molar-refractivity contribution in [2.24, 2.45) is 5.73 Å². The molecule has 0 bridgehead atoms. The number of amides is 1. The van der Waals surface area contributed by atoms with E-state index in [0.29, 0.717) is 31.7 Å². The fourth-order valence-electron chi connectivity index (χ4n) is 2.71. The summed E-state index contributed by atoms with van der Waals surface area (Å²) in [6.07, 6.45) is 5.95. The number of likely N-dealkylation sites (tertiary alicyclic amines) is 1. The standard InChI is InChI=1S/C13H15FN2O2.C3H4/c14-8-1-2-12-9(7-8)11(4-6-18-12)16-5-3-10(15)13(16)17;1-3-2/h1-2,7,10-11H,3-6,15H2;1H,2H3. The molecular weight excluding hydrogens is 271 g/mol. The lowest BCUT2D eigenvalue weighted by Crippen LogP contribution is -2.38. The van der Waals surface area contributed by atoms with Crippen molar-refractivity contribution in [2.45, 2.75) is 31.8 Å². The van der Waals surface area contributed by atoms with Gasteiger partial charge in [-0.15, -0.1) is 12.3 Å². The highest BCUT2D eigenvalue weighted by molar-refractivity contribution is 5.84. The Morgan fingerprint density at radius 1 is 1.48 bits per heavy atom. The third-order valence-corrected chi connectivity index (χ3v) is 3.64. The molecule has 4 nitrogen and oxygen atoms in total. The number of nitrogens with two attached hydrogens (primary N) is 1. The van der Waals surface area contributed by atoms with Gasteiger partial charge < -0.3 is 15.4 Å². The minimum Gasteiger partial charge on any atom is -0.493 e. The topological polar surface area (TPSA) is 55.6 Å². The molecule has 1 saturated heterocycles. The molecule has 2 aliphatic heterocycles. The van der Waals surface area contributed by atoms with E-state index in [9.17, 15) is 9.18 Å². The number of carbonyl (C=O) groups is 1. The molecule has 2 aliphatic rings. The van der Waals surface area contributed by atoms with Crippen LogP contribution in [0.2, 0.25) is 0 Å². The summed E-state index contributed by atoms with van der Waals surface area (Å²) < 4.78 is 18.8. The van der Waals surface area contributed by atoms with Crippen LogP contribution in [-0.4, -0.2) is 30.0 Å². The number of nitrogens with zero attached hydrogens (tertiary/aromatic N) is 1. The SMILES string of the molecule is C#CC.NC1CCN(C2CCOc3ccc(F)cc32)C1=O. The van der Waals surface area contributed by atoms with Crippen molar-refractivity contribution in [1.29, 1.82) is 0 Å². The van der Waals surface area contributed by atoms with Crippen molar-refractivity contribution in [2.75, 3.05) is 13.2 Å². The van der Waals surface area contributed by atoms with Crippen LogP contribution in [0.1, 0.15) is 31.4 Å². The number of rotatable bonds is 1. The summed E-state index contributed by atoms with van der Waals surface area (Å²) in [5, 5.41) is 0. The number of ether oxygens (including phenoxy) is 1. The van der Waals surface area contributed by atoms with Crippen LogP contribution >= 0.6 is 0 Å². The zero-order chi connectivity index (χ0) is 15.4. The van der Waals surface area contributed by atoms with E-state index in [-0.39, 0.29) is 17.8 Å². The fourth-order valence-corrected chi connectivity index (χ4v) is 2.71. The second kappa shape index (κ2) is 6.59. The predicted molar refractivity (Wildman–Crippen MR) is 78.1 cm³/mol. The van der Waals surface area contributed by atoms with Crippen molar-refractivity contribution >= 4 is 5.91 Å². The van der Waals surface area contributed by atoms with Gasteiger partial charge in [-0.1, -0.05) is 0 Å². The Labute approximate surface area is 124 Å². The number of terminal acetylenes is 1. The van der Waals surface area contributed by atoms with Crippen molar-refractivity contribution in [3.8, 4) is 18.1 Å². The normalized spacial score (nSPS) is 23.5. The molecule has 1 fully saturated rings. The van der Waals surface area contributed by atoms with Crippen LogP contribution in [-0.2, 0) is 4.79 Å². The second-order valence-corrected chi connectivity index (χ2v) is 5.05. The molecule has 0 radical (unpaired) electrons. The highest BCUT2D eigenvalue weighted by Crippen LogP contribution is 2.38. The van der Waals surface area contributed by atoms with Crippen LogP contribution in [0.3, 0.4) is 0 Å². The van der Waals surface area contributed by atoms with Gasteiger partial charge in [0.1, 0.15) is 11.6 Å². The third kappa shape index (κ3) is 3.17. The van der Waals surface area contributed by atoms with Crippen molar-refractivity contribution in [3.63, 3.8) is 0 Å². The molecule has 5 heteroatoms. The van der Waals surface area contributed by atoms with Crippen molar-refractivity contribution < 1.29 is 13.9 Å². The average molecular weight is 290 g/mol. The number of fused-ring (bicyclic) bond motifs is 1. The lowest BCUT2D eigenvalue weighted by atomic mass is 9.99. The smallest absolute Gasteiger partial charge is 0.240 e. The first-order valence-corrected chi connectivity index (χ1v) is 6.94. The van der Waals surface area contributed by atoms with Crippen LogP contribution < -0.4 is 10.5 Å². The van der Waals surface area contributed by atoms with Crippen LogP contribution in [0, 0.1) is 18.2 Å². The number of hydrogen-bond acceptors (Lipinski definition) is 3. The molecule has 1 aromatic carbocycles. The van der Waals surface area contributed by atoms with Gasteiger partial charge >= 0.3 is 0 Å². The van der Waals surface area contributed by atoms with E-state index in [4.69, 9.17) is 10.5 Å². The number of carbonyl (C=O) groups excluding carboxylic acids is 1. The van der Waals surface area contributed by atoms with Gasteiger partial charge in [0, 0.05) is 18.5 Å². The molecule has 0 spiro atoms. The maximum Gasteiger partial charge on any atom is 0.240 e. The predicted octanol–water partition coefficient (Wildman–Crippen LogP) is 1.85. The summed E-state index contributed by atoms with van der Waals surface area (Å²) in [6, 6.07) is 3.93. The van der Waals surface area contributed by atoms with Crippen molar-refractivity contribution in [3.05, 3.63) is 29.6 Å². The lowest BCUT2D eigenvalue weighted by molar-refractivity contribution is -0.131. The molecule has 0 saturated carbocycles. The van der Waals surface area contributed by atoms with Crippen LogP contribution in [0.15, 0.2) is 18.2 Å². The fraction of sp³-hybridized carbons (Fsp3) is 0.438. The van der Waals surface area contributed by atoms with Gasteiger partial charge in [-0.05, 0) is 31.5 Å². The van der Waals surface area contributed by atoms with E-state index >= 15 is 0 Å². The number of halogens is 1. The second-order valence-electron chi connectivity index (χ2n) is 5.05. The molecule has 3 rings (SSSR count). The zero-order valence-corrected chi connectivity index (χ0v) is 12.0. The third-order valence-electron chi connectivity index (χ3n) is 3.64. The first kappa shape index (κ1) is 15.3. The summed E-state index contributed by atoms with van der Waals surface area (Å²) in [4.78, 5) is 13.7. The molecule has 2 atom stereocenters. The quantitative estimate of drug-likeness (QED) is 0.803. The monoisotopic (exact) mass is 290 g/mol. The van der Waals surface area contributed by atoms with Crippen LogP contribution in [0.4, 0.5) is 4.39 Å². The summed E-state index contributed by atoms with van der Waals surface area (Å²) in [6.45, 7) is 2.84. The molecule has 112 valence electrons. The number of hydrogen-bond donors (Lipinski definition) is 1. The summed E-state index contributed by atoms with van der Waals surface area (Å²) in [7, 11) is 0. The highest BCUT2D eigenvalue weighted by Gasteiger charge is 2.36. The highest BCUT2D eigenvalue weighted by atomic mass is 19.1. The molecule has 1 amide bonds. The molecule has 0 aromatic heterocycles. The molecular formula is C16H19FN2O2. The molecule has 2 heterocycles. The summed E-state index contributed by atoms with van der Waals surface area (Å²) in [5.74, 6) is 2.57. The maximum atomic E-state index is 13.3. The Bertz CT molecular complexity index is 568. The van der Waals surface area contributed by atoms with E-state index < -0.39 is 6.04 Å². The molecule has 2 N–H and O–H groups in total. The van der Waals surface area contributed by atoms with Gasteiger partial charge in [0.2, 0.25) is 5.91 Å². The number of benzene rings is 1. The largest absolute Gasteiger partial charge is 0.493 e. The van der Waals surface area contributed by atoms with E-state index in [1.165, 1.54) is 12.1 Å². The molecule has 0 aliphatic carbocycles. The van der Waals surface area contributed by atoms with E-state index in [2.05, 4.69) is 12.3 Å². The Kier molecular flexibility index (Phi) is 4.81. The van der Waals surface area contributed by atoms with Gasteiger partial charge in [-0.25, -0.2) is 4.39 Å². The Balaban J connectivity index is 0.000000497. The van der Waals surface area contributed by atoms with Crippen LogP contribution in [0.5, 0.6) is 5.75 Å². The Morgan fingerprint density at radius 3 is 2.81 bits per heavy atom. The minimum absolute atomic E-state index is 0.0443. The maximum absolute atomic E-state index is 13.3. The molecule has 21 heavy (non-hydrogen) atoms. The van der Waals surface area contributed by atoms with E-state index in [0.717, 1.165) is 5.56 Å². The molecule has 1 aromatic rings. The minimum atomic E-state index is -0.412. The van der Waals surface area contributed by atoms with E-state index in [1.807, 2.05) is 0 Å². The first-order chi connectivity index (χ1) is 10.1. The van der Waals surface area contributed by atoms with Gasteiger partial charge in [0.15, 0.2) is 0 Å². The molecule has 2 unspecified atom stereocenters. The average Bonchev–Trinajstić information content (AvgIpc) is 2.79. The summed E-state index contributed by atoms with van der Waals surface area (Å²) in [5.41, 5.74) is 6.48. The van der Waals surface area contributed by atoms with Gasteiger partial charge in [-0.2, -0.15) is 0 Å². The van der Waals surface area contributed by atoms with E-state index in [1.54, 1.807) is 17.9 Å². The lowest BCUT2D eigenvalue weighted by Gasteiger charge is -2.33. The van der Waals surface area contributed by atoms with Crippen molar-refractivity contribution in [1.82, 2.24) is 4.90 Å². The Hall–Kier alpha value is -2.06. The van der Waals surface area contributed by atoms with Gasteiger partial charge in [0.05, 0.1) is 18.7 Å². The Morgan fingerprint density at radius 2 is 2.19 bits per heavy atom. The zero-order valence-electron chi connectivity index (χ0n) is 12.0.